The van der Waals surface area contributed by atoms with Crippen LogP contribution < -0.4 is 15.9 Å². The highest BCUT2D eigenvalue weighted by molar-refractivity contribution is 7.86. The van der Waals surface area contributed by atoms with Crippen molar-refractivity contribution >= 4 is 61.7 Å². The van der Waals surface area contributed by atoms with E-state index in [2.05, 4.69) is 61.2 Å². The van der Waals surface area contributed by atoms with E-state index in [1.807, 2.05) is 24.3 Å². The number of rotatable bonds is 3. The maximum Gasteiger partial charge on any atom is 0.0146 e. The van der Waals surface area contributed by atoms with Gasteiger partial charge in [-0.25, -0.2) is 0 Å². The summed E-state index contributed by atoms with van der Waals surface area (Å²) >= 11 is 13.8. The van der Waals surface area contributed by atoms with Gasteiger partial charge in [0, 0.05) is 20.0 Å². The molecule has 0 fully saturated rings. The molecule has 0 unspecified atom stereocenters. The molecule has 0 amide bonds. The third-order valence-corrected chi connectivity index (χ3v) is 7.18. The molecule has 4 heteroatoms. The van der Waals surface area contributed by atoms with Gasteiger partial charge in [0.25, 0.3) is 0 Å². The van der Waals surface area contributed by atoms with E-state index < -0.39 is 7.92 Å². The topological polar surface area (TPSA) is 0 Å². The molecule has 3 aromatic rings. The first-order chi connectivity index (χ1) is 10.7. The fraction of sp³-hybridized carbons (Fsp3) is 0. The summed E-state index contributed by atoms with van der Waals surface area (Å²) in [5.74, 6) is 0. The Morgan fingerprint density at radius 3 is 1.41 bits per heavy atom. The lowest BCUT2D eigenvalue weighted by Gasteiger charge is -2.22. The zero-order valence-electron chi connectivity index (χ0n) is 11.7. The molecule has 0 heterocycles. The predicted molar refractivity (Wildman–Crippen MR) is 107 cm³/mol. The van der Waals surface area contributed by atoms with E-state index >= 15 is 0 Å². The van der Waals surface area contributed by atoms with Gasteiger partial charge in [-0.05, 0) is 30.7 Å². The van der Waals surface area contributed by atoms with Gasteiger partial charge in [-0.1, -0.05) is 60.7 Å². The predicted octanol–water partition coefficient (Wildman–Crippen LogP) is 4.31. The van der Waals surface area contributed by atoms with Crippen LogP contribution in [0.5, 0.6) is 0 Å². The van der Waals surface area contributed by atoms with Crippen molar-refractivity contribution < 1.29 is 0 Å². The summed E-state index contributed by atoms with van der Waals surface area (Å²) in [4.78, 5) is 2.77. The molecule has 0 spiro atoms. The Hall–Kier alpha value is -0.860. The molecule has 0 nitrogen and oxygen atoms in total. The molecule has 0 saturated heterocycles. The molecule has 0 saturated carbocycles. The maximum atomic E-state index is 4.70. The third-order valence-electron chi connectivity index (χ3n) is 3.31. The Bertz CT molecular complexity index is 710. The van der Waals surface area contributed by atoms with Crippen molar-refractivity contribution in [2.24, 2.45) is 0 Å². The van der Waals surface area contributed by atoms with Gasteiger partial charge in [0.2, 0.25) is 0 Å². The van der Waals surface area contributed by atoms with E-state index in [1.54, 1.807) is 0 Å². The molecule has 0 atom stereocenters. The summed E-state index contributed by atoms with van der Waals surface area (Å²) < 4.78 is 0. The Labute approximate surface area is 149 Å². The van der Waals surface area contributed by atoms with Crippen molar-refractivity contribution in [1.29, 1.82) is 0 Å². The van der Waals surface area contributed by atoms with E-state index in [-0.39, 0.29) is 0 Å². The Kier molecular flexibility index (Phi) is 5.20. The molecule has 3 rings (SSSR count). The van der Waals surface area contributed by atoms with Crippen molar-refractivity contribution in [2.45, 2.75) is 14.7 Å². The van der Waals surface area contributed by atoms with Gasteiger partial charge >= 0.3 is 0 Å². The lowest BCUT2D eigenvalue weighted by atomic mass is 10.3. The smallest absolute Gasteiger partial charge is 0.0146 e. The minimum Gasteiger partial charge on any atom is -0.143 e. The Morgan fingerprint density at radius 1 is 0.591 bits per heavy atom. The summed E-state index contributed by atoms with van der Waals surface area (Å²) in [5.41, 5.74) is 0. The Balaban J connectivity index is 2.24. The average molecular weight is 358 g/mol. The van der Waals surface area contributed by atoms with Gasteiger partial charge in [0.05, 0.1) is 0 Å². The van der Waals surface area contributed by atoms with Crippen molar-refractivity contribution in [3.05, 3.63) is 72.8 Å². The second-order valence-electron chi connectivity index (χ2n) is 4.84. The van der Waals surface area contributed by atoms with Crippen LogP contribution >= 0.6 is 45.8 Å². The van der Waals surface area contributed by atoms with Gasteiger partial charge in [-0.2, -0.15) is 0 Å². The number of benzene rings is 3. The standard InChI is InChI=1S/C18H15PS3/c20-15-11-16(21)18(17(22)12-15)19(13-7-3-1-4-8-13)14-9-5-2-6-10-14/h1-12,20-22H. The first kappa shape index (κ1) is 16.0. The molecule has 0 bridgehead atoms. The van der Waals surface area contributed by atoms with Gasteiger partial charge in [0.15, 0.2) is 0 Å². The molecule has 22 heavy (non-hydrogen) atoms. The summed E-state index contributed by atoms with van der Waals surface area (Å²) in [6.45, 7) is 0. The van der Waals surface area contributed by atoms with Crippen LogP contribution in [0.4, 0.5) is 0 Å². The molecule has 0 aliphatic heterocycles. The largest absolute Gasteiger partial charge is 0.143 e. The van der Waals surface area contributed by atoms with Crippen LogP contribution in [0.25, 0.3) is 0 Å². The van der Waals surface area contributed by atoms with Gasteiger partial charge in [0.1, 0.15) is 0 Å². The summed E-state index contributed by atoms with van der Waals surface area (Å²) in [6, 6.07) is 25.1. The highest BCUT2D eigenvalue weighted by Crippen LogP contribution is 2.38. The minimum atomic E-state index is -0.687. The van der Waals surface area contributed by atoms with Crippen LogP contribution in [0.3, 0.4) is 0 Å². The molecule has 110 valence electrons. The first-order valence-corrected chi connectivity index (χ1v) is 9.50. The highest BCUT2D eigenvalue weighted by atomic mass is 32.1. The minimum absolute atomic E-state index is 0.687. The zero-order valence-corrected chi connectivity index (χ0v) is 15.3. The second kappa shape index (κ2) is 7.14. The van der Waals surface area contributed by atoms with Crippen LogP contribution in [-0.4, -0.2) is 0 Å². The van der Waals surface area contributed by atoms with Gasteiger partial charge < -0.3 is 0 Å². The van der Waals surface area contributed by atoms with Crippen LogP contribution in [0.1, 0.15) is 0 Å². The average Bonchev–Trinajstić information content (AvgIpc) is 2.52. The van der Waals surface area contributed by atoms with Crippen molar-refractivity contribution in [1.82, 2.24) is 0 Å². The SMILES string of the molecule is Sc1cc(S)c(P(c2ccccc2)c2ccccc2)c(S)c1. The lowest BCUT2D eigenvalue weighted by Crippen LogP contribution is -2.22. The van der Waals surface area contributed by atoms with Crippen molar-refractivity contribution in [3.63, 3.8) is 0 Å². The van der Waals surface area contributed by atoms with E-state index in [0.717, 1.165) is 14.7 Å². The molecule has 0 aliphatic rings. The second-order valence-corrected chi connectivity index (χ2v) is 8.47. The van der Waals surface area contributed by atoms with E-state index in [9.17, 15) is 0 Å². The summed E-state index contributed by atoms with van der Waals surface area (Å²) in [7, 11) is -0.687. The number of hydrogen-bond donors (Lipinski definition) is 3. The fourth-order valence-corrected chi connectivity index (χ4v) is 6.39. The van der Waals surface area contributed by atoms with Crippen LogP contribution in [0.15, 0.2) is 87.5 Å². The molecule has 0 aliphatic carbocycles. The quantitative estimate of drug-likeness (QED) is 0.451. The van der Waals surface area contributed by atoms with Gasteiger partial charge in [-0.3, -0.25) is 0 Å². The number of thiol groups is 3. The molecule has 3 aromatic carbocycles. The van der Waals surface area contributed by atoms with E-state index in [1.165, 1.54) is 15.9 Å². The molecule has 0 radical (unpaired) electrons. The van der Waals surface area contributed by atoms with Crippen LogP contribution in [-0.2, 0) is 0 Å². The highest BCUT2D eigenvalue weighted by Gasteiger charge is 2.21. The maximum absolute atomic E-state index is 4.70. The monoisotopic (exact) mass is 358 g/mol. The molecule has 0 aromatic heterocycles. The Morgan fingerprint density at radius 2 is 1.00 bits per heavy atom. The first-order valence-electron chi connectivity index (χ1n) is 6.82. The van der Waals surface area contributed by atoms with Crippen molar-refractivity contribution in [2.75, 3.05) is 0 Å². The summed E-state index contributed by atoms with van der Waals surface area (Å²) in [6.07, 6.45) is 0. The third kappa shape index (κ3) is 3.38. The van der Waals surface area contributed by atoms with E-state index in [4.69, 9.17) is 25.3 Å². The normalized spacial score (nSPS) is 10.9. The molecular formula is C18H15PS3. The zero-order chi connectivity index (χ0) is 15.5. The van der Waals surface area contributed by atoms with Crippen LogP contribution in [0, 0.1) is 0 Å². The molecule has 0 N–H and O–H groups in total. The van der Waals surface area contributed by atoms with Crippen molar-refractivity contribution in [3.8, 4) is 0 Å². The molecular weight excluding hydrogens is 343 g/mol. The van der Waals surface area contributed by atoms with Gasteiger partial charge in [-0.15, -0.1) is 37.9 Å². The fourth-order valence-electron chi connectivity index (χ4n) is 2.38. The van der Waals surface area contributed by atoms with E-state index in [0.29, 0.717) is 0 Å². The number of hydrogen-bond acceptors (Lipinski definition) is 3. The lowest BCUT2D eigenvalue weighted by molar-refractivity contribution is 1.30. The van der Waals surface area contributed by atoms with Crippen LogP contribution in [0.2, 0.25) is 0 Å². The summed E-state index contributed by atoms with van der Waals surface area (Å²) in [5, 5.41) is 3.76.